The van der Waals surface area contributed by atoms with E-state index in [-0.39, 0.29) is 5.70 Å². The van der Waals surface area contributed by atoms with Gasteiger partial charge >= 0.3 is 0 Å². The zero-order valence-corrected chi connectivity index (χ0v) is 12.6. The second kappa shape index (κ2) is 6.91. The Morgan fingerprint density at radius 3 is 2.09 bits per heavy atom. The van der Waals surface area contributed by atoms with E-state index in [0.29, 0.717) is 21.7 Å². The number of carboxylic acids is 1. The molecule has 0 saturated heterocycles. The molecule has 0 spiro atoms. The highest BCUT2D eigenvalue weighted by Crippen LogP contribution is 2.19. The highest BCUT2D eigenvalue weighted by molar-refractivity contribution is 6.30. The first-order valence-corrected chi connectivity index (χ1v) is 6.91. The molecule has 0 saturated carbocycles. The molecule has 1 N–H and O–H groups in total. The second-order valence-electron chi connectivity index (χ2n) is 4.61. The summed E-state index contributed by atoms with van der Waals surface area (Å²) in [5.74, 6) is -1.95. The van der Waals surface area contributed by atoms with E-state index in [4.69, 9.17) is 11.6 Å². The van der Waals surface area contributed by atoms with Crippen molar-refractivity contribution in [3.63, 3.8) is 0 Å². The molecule has 0 radical (unpaired) electrons. The maximum absolute atomic E-state index is 12.1. The van der Waals surface area contributed by atoms with Gasteiger partial charge in [-0.3, -0.25) is 4.79 Å². The van der Waals surface area contributed by atoms with Crippen LogP contribution in [0.5, 0.6) is 0 Å². The molecule has 112 valence electrons. The van der Waals surface area contributed by atoms with Crippen LogP contribution in [0.4, 0.5) is 0 Å². The van der Waals surface area contributed by atoms with Gasteiger partial charge in [-0.2, -0.15) is 0 Å². The van der Waals surface area contributed by atoms with Gasteiger partial charge in [-0.25, -0.2) is 0 Å². The van der Waals surface area contributed by atoms with Crippen molar-refractivity contribution in [2.75, 3.05) is 0 Å². The summed E-state index contributed by atoms with van der Waals surface area (Å²) in [6, 6.07) is 15.0. The van der Waals surface area contributed by atoms with Gasteiger partial charge in [0.15, 0.2) is 0 Å². The highest BCUT2D eigenvalue weighted by atomic mass is 35.5. The van der Waals surface area contributed by atoms with Gasteiger partial charge in [-0.05, 0) is 42.3 Å². The van der Waals surface area contributed by atoms with Crippen molar-refractivity contribution in [3.8, 4) is 0 Å². The van der Waals surface area contributed by atoms with E-state index in [1.54, 1.807) is 61.5 Å². The van der Waals surface area contributed by atoms with Crippen LogP contribution < -0.4 is 10.4 Å². The topological polar surface area (TPSA) is 69.2 Å². The van der Waals surface area contributed by atoms with Crippen molar-refractivity contribution in [2.24, 2.45) is 0 Å². The molecule has 2 aromatic rings. The number of halogens is 1. The monoisotopic (exact) mass is 314 g/mol. The standard InChI is InChI=1S/C17H14ClNO3/c1-11(12-7-9-14(18)10-8-12)15(17(21)22)19-16(20)13-5-3-2-4-6-13/h2-10H,1H3,(H,19,20)(H,21,22)/p-1/b15-11-. The minimum Gasteiger partial charge on any atom is -0.543 e. The average molecular weight is 315 g/mol. The van der Waals surface area contributed by atoms with E-state index in [2.05, 4.69) is 5.32 Å². The van der Waals surface area contributed by atoms with Crippen LogP contribution in [-0.2, 0) is 4.79 Å². The first-order chi connectivity index (χ1) is 10.5. The highest BCUT2D eigenvalue weighted by Gasteiger charge is 2.12. The minimum atomic E-state index is -1.45. The number of rotatable bonds is 4. The van der Waals surface area contributed by atoms with Crippen LogP contribution in [0.3, 0.4) is 0 Å². The Balaban J connectivity index is 2.33. The Hall–Kier alpha value is -2.59. The molecule has 22 heavy (non-hydrogen) atoms. The molecule has 0 aliphatic rings. The maximum atomic E-state index is 12.1. The zero-order chi connectivity index (χ0) is 16.1. The summed E-state index contributed by atoms with van der Waals surface area (Å²) in [5, 5.41) is 14.3. The van der Waals surface area contributed by atoms with Crippen LogP contribution >= 0.6 is 11.6 Å². The van der Waals surface area contributed by atoms with Crippen molar-refractivity contribution in [1.29, 1.82) is 0 Å². The average Bonchev–Trinajstić information content (AvgIpc) is 2.53. The number of hydrogen-bond donors (Lipinski definition) is 1. The molecule has 5 heteroatoms. The van der Waals surface area contributed by atoms with Crippen LogP contribution in [0, 0.1) is 0 Å². The van der Waals surface area contributed by atoms with Gasteiger partial charge in [0.1, 0.15) is 0 Å². The fraction of sp³-hybridized carbons (Fsp3) is 0.0588. The van der Waals surface area contributed by atoms with Gasteiger partial charge in [0.05, 0.1) is 11.7 Å². The Bertz CT molecular complexity index is 721. The first-order valence-electron chi connectivity index (χ1n) is 6.53. The summed E-state index contributed by atoms with van der Waals surface area (Å²) in [7, 11) is 0. The molecule has 0 unspecified atom stereocenters. The Morgan fingerprint density at radius 2 is 1.55 bits per heavy atom. The van der Waals surface area contributed by atoms with Gasteiger partial charge in [-0.15, -0.1) is 0 Å². The summed E-state index contributed by atoms with van der Waals surface area (Å²) in [6.45, 7) is 1.60. The van der Waals surface area contributed by atoms with Crippen molar-refractivity contribution >= 4 is 29.1 Å². The molecule has 2 rings (SSSR count). The Labute approximate surface area is 133 Å². The lowest BCUT2D eigenvalue weighted by molar-refractivity contribution is -0.299. The molecule has 0 heterocycles. The van der Waals surface area contributed by atoms with Crippen molar-refractivity contribution in [2.45, 2.75) is 6.92 Å². The third kappa shape index (κ3) is 3.74. The molecule has 0 atom stereocenters. The molecule has 0 fully saturated rings. The number of carboxylic acid groups (broad SMARTS) is 1. The number of carbonyl (C=O) groups excluding carboxylic acids is 2. The van der Waals surface area contributed by atoms with Gasteiger partial charge < -0.3 is 15.2 Å². The molecular weight excluding hydrogens is 302 g/mol. The number of allylic oxidation sites excluding steroid dienone is 1. The predicted octanol–water partition coefficient (Wildman–Crippen LogP) is 2.25. The lowest BCUT2D eigenvalue weighted by Crippen LogP contribution is -2.36. The number of carbonyl (C=O) groups is 2. The SMILES string of the molecule is C/C(=C(/NC(=O)c1ccccc1)C(=O)[O-])c1ccc(Cl)cc1. The van der Waals surface area contributed by atoms with Crippen LogP contribution in [-0.4, -0.2) is 11.9 Å². The third-order valence-corrected chi connectivity index (χ3v) is 3.38. The zero-order valence-electron chi connectivity index (χ0n) is 11.8. The second-order valence-corrected chi connectivity index (χ2v) is 5.05. The van der Waals surface area contributed by atoms with E-state index in [9.17, 15) is 14.7 Å². The molecule has 0 aromatic heterocycles. The largest absolute Gasteiger partial charge is 0.543 e. The van der Waals surface area contributed by atoms with Crippen molar-refractivity contribution in [1.82, 2.24) is 5.32 Å². The van der Waals surface area contributed by atoms with Crippen molar-refractivity contribution < 1.29 is 14.7 Å². The lowest BCUT2D eigenvalue weighted by atomic mass is 10.0. The van der Waals surface area contributed by atoms with Crippen LogP contribution in [0.2, 0.25) is 5.02 Å². The summed E-state index contributed by atoms with van der Waals surface area (Å²) in [4.78, 5) is 23.4. The molecule has 0 aliphatic heterocycles. The van der Waals surface area contributed by atoms with Crippen molar-refractivity contribution in [3.05, 3.63) is 76.4 Å². The summed E-state index contributed by atoms with van der Waals surface area (Å²) < 4.78 is 0. The predicted molar refractivity (Wildman–Crippen MR) is 83.0 cm³/mol. The third-order valence-electron chi connectivity index (χ3n) is 3.13. The summed E-state index contributed by atoms with van der Waals surface area (Å²) in [6.07, 6.45) is 0. The first kappa shape index (κ1) is 15.8. The fourth-order valence-corrected chi connectivity index (χ4v) is 2.04. The number of hydrogen-bond acceptors (Lipinski definition) is 3. The quantitative estimate of drug-likeness (QED) is 0.880. The molecule has 2 aromatic carbocycles. The normalized spacial score (nSPS) is 11.5. The fourth-order valence-electron chi connectivity index (χ4n) is 1.92. The molecule has 0 bridgehead atoms. The smallest absolute Gasteiger partial charge is 0.255 e. The van der Waals surface area contributed by atoms with E-state index < -0.39 is 11.9 Å². The van der Waals surface area contributed by atoms with Crippen LogP contribution in [0.1, 0.15) is 22.8 Å². The van der Waals surface area contributed by atoms with Crippen LogP contribution in [0.15, 0.2) is 60.3 Å². The molecule has 1 amide bonds. The number of benzene rings is 2. The Morgan fingerprint density at radius 1 is 0.955 bits per heavy atom. The van der Waals surface area contributed by atoms with E-state index in [1.807, 2.05) is 0 Å². The lowest BCUT2D eigenvalue weighted by Gasteiger charge is -2.15. The van der Waals surface area contributed by atoms with E-state index in [1.165, 1.54) is 0 Å². The number of aliphatic carboxylic acids is 1. The van der Waals surface area contributed by atoms with Crippen LogP contribution in [0.25, 0.3) is 5.57 Å². The molecular formula is C17H13ClNO3-. The van der Waals surface area contributed by atoms with Gasteiger partial charge in [-0.1, -0.05) is 41.9 Å². The number of nitrogens with one attached hydrogen (secondary N) is 1. The minimum absolute atomic E-state index is 0.267. The summed E-state index contributed by atoms with van der Waals surface area (Å²) >= 11 is 5.81. The van der Waals surface area contributed by atoms with Gasteiger partial charge in [0.2, 0.25) is 0 Å². The van der Waals surface area contributed by atoms with E-state index in [0.717, 1.165) is 0 Å². The van der Waals surface area contributed by atoms with E-state index >= 15 is 0 Å². The molecule has 0 aliphatic carbocycles. The summed E-state index contributed by atoms with van der Waals surface area (Å²) in [5.41, 5.74) is 1.12. The van der Waals surface area contributed by atoms with Gasteiger partial charge in [0.25, 0.3) is 5.91 Å². The maximum Gasteiger partial charge on any atom is 0.255 e. The number of amides is 1. The molecule has 4 nitrogen and oxygen atoms in total. The van der Waals surface area contributed by atoms with Gasteiger partial charge in [0, 0.05) is 10.6 Å². The Kier molecular flexibility index (Phi) is 4.96.